The molecular formula is C24H20FNO3. The highest BCUT2D eigenvalue weighted by Gasteiger charge is 2.11. The molecule has 5 heteroatoms. The second kappa shape index (κ2) is 9.43. The first kappa shape index (κ1) is 20.0. The standard InChI is InChI=1S/C24H20FNO3/c1-27-19-7-5-17(6-8-19)16-29-21-9-11-22(18(14-21)4-3-13-26)23-15-20(28-2)10-12-24(23)25/h3-12,14-15H,16H2,1-2H3/b4-3+. The van der Waals surface area contributed by atoms with Crippen molar-refractivity contribution in [3.63, 3.8) is 0 Å². The quantitative estimate of drug-likeness (QED) is 0.492. The van der Waals surface area contributed by atoms with Crippen LogP contribution in [0.1, 0.15) is 11.1 Å². The molecule has 0 heterocycles. The average molecular weight is 389 g/mol. The molecule has 0 spiro atoms. The van der Waals surface area contributed by atoms with Gasteiger partial charge in [0.25, 0.3) is 0 Å². The zero-order chi connectivity index (χ0) is 20.6. The van der Waals surface area contributed by atoms with Crippen molar-refractivity contribution < 1.29 is 18.6 Å². The van der Waals surface area contributed by atoms with Crippen LogP contribution >= 0.6 is 0 Å². The van der Waals surface area contributed by atoms with Gasteiger partial charge in [-0.2, -0.15) is 5.26 Å². The number of allylic oxidation sites excluding steroid dienone is 1. The van der Waals surface area contributed by atoms with Crippen LogP contribution < -0.4 is 14.2 Å². The SMILES string of the molecule is COc1ccc(COc2ccc(-c3cc(OC)ccc3F)c(/C=C/C#N)c2)cc1. The summed E-state index contributed by atoms with van der Waals surface area (Å²) in [5.74, 6) is 1.58. The van der Waals surface area contributed by atoms with Gasteiger partial charge in [0.2, 0.25) is 0 Å². The molecule has 146 valence electrons. The molecule has 4 nitrogen and oxygen atoms in total. The Hall–Kier alpha value is -3.78. The van der Waals surface area contributed by atoms with Crippen molar-refractivity contribution >= 4 is 6.08 Å². The maximum atomic E-state index is 14.4. The minimum absolute atomic E-state index is 0.371. The Kier molecular flexibility index (Phi) is 6.49. The van der Waals surface area contributed by atoms with Gasteiger partial charge in [-0.15, -0.1) is 0 Å². The first-order valence-electron chi connectivity index (χ1n) is 8.94. The molecule has 0 saturated heterocycles. The van der Waals surface area contributed by atoms with E-state index in [2.05, 4.69) is 0 Å². The molecule has 0 atom stereocenters. The fourth-order valence-corrected chi connectivity index (χ4v) is 2.87. The van der Waals surface area contributed by atoms with Crippen LogP contribution in [0.2, 0.25) is 0 Å². The molecule has 3 aromatic rings. The minimum atomic E-state index is -0.371. The molecule has 0 radical (unpaired) electrons. The summed E-state index contributed by atoms with van der Waals surface area (Å²) < 4.78 is 30.7. The van der Waals surface area contributed by atoms with E-state index in [1.165, 1.54) is 19.3 Å². The van der Waals surface area contributed by atoms with E-state index in [-0.39, 0.29) is 5.82 Å². The molecule has 0 N–H and O–H groups in total. The Morgan fingerprint density at radius 2 is 1.55 bits per heavy atom. The van der Waals surface area contributed by atoms with Gasteiger partial charge in [-0.05, 0) is 71.3 Å². The Morgan fingerprint density at radius 1 is 0.862 bits per heavy atom. The van der Waals surface area contributed by atoms with Gasteiger partial charge in [0, 0.05) is 11.6 Å². The van der Waals surface area contributed by atoms with E-state index in [9.17, 15) is 4.39 Å². The normalized spacial score (nSPS) is 10.6. The molecule has 0 fully saturated rings. The van der Waals surface area contributed by atoms with Crippen LogP contribution in [0.4, 0.5) is 4.39 Å². The Balaban J connectivity index is 1.89. The van der Waals surface area contributed by atoms with E-state index in [0.717, 1.165) is 11.3 Å². The van der Waals surface area contributed by atoms with Gasteiger partial charge in [-0.1, -0.05) is 12.1 Å². The van der Waals surface area contributed by atoms with Crippen LogP contribution in [-0.2, 0) is 6.61 Å². The molecule has 0 bridgehead atoms. The van der Waals surface area contributed by atoms with Crippen LogP contribution in [0.15, 0.2) is 66.7 Å². The van der Waals surface area contributed by atoms with Crippen LogP contribution in [0.5, 0.6) is 17.2 Å². The second-order valence-corrected chi connectivity index (χ2v) is 6.19. The summed E-state index contributed by atoms with van der Waals surface area (Å²) in [6.07, 6.45) is 2.98. The van der Waals surface area contributed by atoms with E-state index in [0.29, 0.717) is 34.8 Å². The number of hydrogen-bond acceptors (Lipinski definition) is 4. The number of nitriles is 1. The highest BCUT2D eigenvalue weighted by Crippen LogP contribution is 2.33. The summed E-state index contributed by atoms with van der Waals surface area (Å²) in [6.45, 7) is 0.373. The maximum Gasteiger partial charge on any atom is 0.131 e. The monoisotopic (exact) mass is 389 g/mol. The lowest BCUT2D eigenvalue weighted by Crippen LogP contribution is -1.97. The molecule has 3 aromatic carbocycles. The fourth-order valence-electron chi connectivity index (χ4n) is 2.87. The molecule has 0 amide bonds. The van der Waals surface area contributed by atoms with Crippen molar-refractivity contribution in [3.8, 4) is 34.4 Å². The predicted molar refractivity (Wildman–Crippen MR) is 110 cm³/mol. The lowest BCUT2D eigenvalue weighted by Gasteiger charge is -2.13. The highest BCUT2D eigenvalue weighted by atomic mass is 19.1. The lowest BCUT2D eigenvalue weighted by atomic mass is 9.98. The highest BCUT2D eigenvalue weighted by molar-refractivity contribution is 5.77. The van der Waals surface area contributed by atoms with Gasteiger partial charge in [-0.25, -0.2) is 4.39 Å². The lowest BCUT2D eigenvalue weighted by molar-refractivity contribution is 0.306. The minimum Gasteiger partial charge on any atom is -0.497 e. The summed E-state index contributed by atoms with van der Waals surface area (Å²) in [5.41, 5.74) is 2.70. The van der Waals surface area contributed by atoms with Gasteiger partial charge in [0.05, 0.1) is 20.3 Å². The number of nitrogens with zero attached hydrogens (tertiary/aromatic N) is 1. The number of benzene rings is 3. The summed E-state index contributed by atoms with van der Waals surface area (Å²) >= 11 is 0. The van der Waals surface area contributed by atoms with E-state index < -0.39 is 0 Å². The Labute approximate surface area is 169 Å². The molecule has 3 rings (SSSR count). The number of rotatable bonds is 7. The average Bonchev–Trinajstić information content (AvgIpc) is 2.77. The van der Waals surface area contributed by atoms with E-state index in [1.54, 1.807) is 43.5 Å². The first-order valence-corrected chi connectivity index (χ1v) is 8.94. The number of ether oxygens (including phenoxy) is 3. The molecule has 0 aromatic heterocycles. The molecule has 0 saturated carbocycles. The number of methoxy groups -OCH3 is 2. The van der Waals surface area contributed by atoms with E-state index in [1.807, 2.05) is 30.3 Å². The van der Waals surface area contributed by atoms with Crippen molar-refractivity contribution in [2.24, 2.45) is 0 Å². The van der Waals surface area contributed by atoms with Gasteiger partial charge >= 0.3 is 0 Å². The third-order valence-corrected chi connectivity index (χ3v) is 4.39. The van der Waals surface area contributed by atoms with Crippen molar-refractivity contribution in [3.05, 3.63) is 83.7 Å². The summed E-state index contributed by atoms with van der Waals surface area (Å²) in [4.78, 5) is 0. The second-order valence-electron chi connectivity index (χ2n) is 6.19. The zero-order valence-corrected chi connectivity index (χ0v) is 16.2. The van der Waals surface area contributed by atoms with E-state index in [4.69, 9.17) is 19.5 Å². The molecule has 0 aliphatic heterocycles. The summed E-state index contributed by atoms with van der Waals surface area (Å²) in [7, 11) is 3.15. The molecule has 0 aliphatic rings. The predicted octanol–water partition coefficient (Wildman–Crippen LogP) is 5.63. The molecule has 29 heavy (non-hydrogen) atoms. The van der Waals surface area contributed by atoms with E-state index >= 15 is 0 Å². The van der Waals surface area contributed by atoms with Crippen molar-refractivity contribution in [2.75, 3.05) is 14.2 Å². The topological polar surface area (TPSA) is 51.5 Å². The van der Waals surface area contributed by atoms with Crippen LogP contribution in [-0.4, -0.2) is 14.2 Å². The molecule has 0 unspecified atom stereocenters. The summed E-state index contributed by atoms with van der Waals surface area (Å²) in [6, 6.07) is 19.5. The Bertz CT molecular complexity index is 1050. The van der Waals surface area contributed by atoms with Gasteiger partial charge in [-0.3, -0.25) is 0 Å². The van der Waals surface area contributed by atoms with Crippen LogP contribution in [0.3, 0.4) is 0 Å². The van der Waals surface area contributed by atoms with Crippen molar-refractivity contribution in [2.45, 2.75) is 6.61 Å². The largest absolute Gasteiger partial charge is 0.497 e. The van der Waals surface area contributed by atoms with Gasteiger partial charge < -0.3 is 14.2 Å². The molecular weight excluding hydrogens is 369 g/mol. The van der Waals surface area contributed by atoms with Crippen molar-refractivity contribution in [1.82, 2.24) is 0 Å². The fraction of sp³-hybridized carbons (Fsp3) is 0.125. The smallest absolute Gasteiger partial charge is 0.131 e. The van der Waals surface area contributed by atoms with Crippen LogP contribution in [0, 0.1) is 17.1 Å². The summed E-state index contributed by atoms with van der Waals surface area (Å²) in [5, 5.41) is 8.92. The maximum absolute atomic E-state index is 14.4. The molecule has 0 aliphatic carbocycles. The van der Waals surface area contributed by atoms with Crippen LogP contribution in [0.25, 0.3) is 17.2 Å². The van der Waals surface area contributed by atoms with Gasteiger partial charge in [0.15, 0.2) is 0 Å². The van der Waals surface area contributed by atoms with Gasteiger partial charge in [0.1, 0.15) is 29.7 Å². The zero-order valence-electron chi connectivity index (χ0n) is 16.2. The first-order chi connectivity index (χ1) is 14.1. The number of halogens is 1. The van der Waals surface area contributed by atoms with Crippen molar-refractivity contribution in [1.29, 1.82) is 5.26 Å². The number of hydrogen-bond donors (Lipinski definition) is 0. The third-order valence-electron chi connectivity index (χ3n) is 4.39. The third kappa shape index (κ3) is 4.94. The Morgan fingerprint density at radius 3 is 2.24 bits per heavy atom.